The molecule has 2 saturated heterocycles. The standard InChI is InChI=1S/C38H51N8O17P/c47-19-27-31(51)33(53)35(55)37(62-27)60-25-9-5-21(6-10-25)39-29(49)17-45-15-23(41-43-45)3-1-13-58-64(57)59-14-2-4-24-16-46(44-42-24)18-30(50)40-22-7-11-26(12-8-22)61-38-36(56)34(54)32(52)28(20-48)63-38/h5-12,15-16,27-28,31-38,47-48,51-56,64H,1-4,13-14,17-20H2,(H,39,49)(H,40,50)/t27?,28?,31-,32-,33?,34?,35-,36-,37+,38+/m0/s1. The number of rotatable bonds is 22. The first-order valence-electron chi connectivity index (χ1n) is 20.1. The lowest BCUT2D eigenvalue weighted by atomic mass is 9.99. The normalized spacial score (nSPS) is 26.2. The molecule has 0 saturated carbocycles. The first-order chi connectivity index (χ1) is 30.8. The molecular weight excluding hydrogens is 871 g/mol. The number of aryl methyl sites for hydroxylation is 2. The summed E-state index contributed by atoms with van der Waals surface area (Å²) in [6.07, 6.45) is -9.21. The number of hydrogen-bond acceptors (Lipinski definition) is 21. The zero-order valence-electron chi connectivity index (χ0n) is 34.1. The van der Waals surface area contributed by atoms with E-state index in [1.807, 2.05) is 0 Å². The van der Waals surface area contributed by atoms with Crippen molar-refractivity contribution >= 4 is 31.4 Å². The first kappa shape index (κ1) is 48.5. The van der Waals surface area contributed by atoms with Gasteiger partial charge in [0.05, 0.1) is 37.8 Å². The molecule has 6 rings (SSSR count). The van der Waals surface area contributed by atoms with E-state index in [-0.39, 0.29) is 49.6 Å². The Labute approximate surface area is 365 Å². The topological polar surface area (TPSA) is 354 Å². The van der Waals surface area contributed by atoms with Crippen LogP contribution >= 0.6 is 8.25 Å². The van der Waals surface area contributed by atoms with E-state index in [2.05, 4.69) is 31.3 Å². The summed E-state index contributed by atoms with van der Waals surface area (Å²) in [6, 6.07) is 12.2. The van der Waals surface area contributed by atoms with E-state index < -0.39 is 82.9 Å². The SMILES string of the molecule is O=C(Cn1cc(CCCO[PH](=O)OCCCc2cn(CC(=O)Nc3ccc(O[C@@H]4OC(CO)[C@H](O)C(O)[C@@H]4O)cc3)nn2)nn1)Nc1ccc(O[C@@H]2OC(CO)[C@H](O)C(O)[C@@H]2O)cc1. The Balaban J connectivity index is 0.805. The largest absolute Gasteiger partial charge is 0.462 e. The summed E-state index contributed by atoms with van der Waals surface area (Å²) >= 11 is 0. The first-order valence-corrected chi connectivity index (χ1v) is 21.3. The van der Waals surface area contributed by atoms with Crippen LogP contribution in [0.1, 0.15) is 24.2 Å². The van der Waals surface area contributed by atoms with Crippen molar-refractivity contribution in [2.75, 3.05) is 37.1 Å². The van der Waals surface area contributed by atoms with E-state index in [9.17, 15) is 55.0 Å². The van der Waals surface area contributed by atoms with Crippen LogP contribution < -0.4 is 20.1 Å². The molecule has 26 heteroatoms. The second-order valence-electron chi connectivity index (χ2n) is 14.7. The minimum absolute atomic E-state index is 0.130. The number of nitrogens with zero attached hydrogens (tertiary/aromatic N) is 6. The highest BCUT2D eigenvalue weighted by Crippen LogP contribution is 2.28. The van der Waals surface area contributed by atoms with Crippen molar-refractivity contribution in [1.29, 1.82) is 0 Å². The van der Waals surface area contributed by atoms with Crippen LogP contribution in [0.2, 0.25) is 0 Å². The van der Waals surface area contributed by atoms with Gasteiger partial charge in [0, 0.05) is 23.8 Å². The lowest BCUT2D eigenvalue weighted by molar-refractivity contribution is -0.277. The number of aromatic nitrogens is 6. The van der Waals surface area contributed by atoms with Crippen molar-refractivity contribution in [3.05, 3.63) is 72.3 Å². The van der Waals surface area contributed by atoms with Crippen LogP contribution in [0.25, 0.3) is 0 Å². The van der Waals surface area contributed by atoms with Crippen molar-refractivity contribution in [2.24, 2.45) is 0 Å². The molecule has 2 amide bonds. The monoisotopic (exact) mass is 922 g/mol. The second kappa shape index (κ2) is 23.3. The molecule has 2 aromatic heterocycles. The van der Waals surface area contributed by atoms with Crippen LogP contribution in [-0.2, 0) is 58.6 Å². The number of benzene rings is 2. The molecule has 10 N–H and O–H groups in total. The number of ether oxygens (including phenoxy) is 4. The average Bonchev–Trinajstić information content (AvgIpc) is 3.94. The van der Waals surface area contributed by atoms with Gasteiger partial charge in [-0.05, 0) is 74.2 Å². The zero-order valence-corrected chi connectivity index (χ0v) is 35.1. The van der Waals surface area contributed by atoms with Crippen molar-refractivity contribution in [3.8, 4) is 11.5 Å². The van der Waals surface area contributed by atoms with Gasteiger partial charge in [0.2, 0.25) is 24.4 Å². The number of aliphatic hydroxyl groups is 8. The maximum atomic E-state index is 12.6. The summed E-state index contributed by atoms with van der Waals surface area (Å²) in [6.45, 7) is -1.17. The lowest BCUT2D eigenvalue weighted by Gasteiger charge is -2.39. The smallest absolute Gasteiger partial charge is 0.319 e. The van der Waals surface area contributed by atoms with Crippen LogP contribution in [0.3, 0.4) is 0 Å². The third-order valence-electron chi connectivity index (χ3n) is 9.86. The van der Waals surface area contributed by atoms with Gasteiger partial charge in [0.15, 0.2) is 0 Å². The molecule has 0 bridgehead atoms. The number of anilines is 2. The van der Waals surface area contributed by atoms with E-state index in [0.29, 0.717) is 48.4 Å². The summed E-state index contributed by atoms with van der Waals surface area (Å²) < 4.78 is 47.4. The third kappa shape index (κ3) is 13.5. The fourth-order valence-electron chi connectivity index (χ4n) is 6.45. The summed E-state index contributed by atoms with van der Waals surface area (Å²) in [7, 11) is -2.76. The second-order valence-corrected chi connectivity index (χ2v) is 15.8. The lowest BCUT2D eigenvalue weighted by Crippen LogP contribution is -2.60. The van der Waals surface area contributed by atoms with E-state index in [1.54, 1.807) is 36.7 Å². The highest BCUT2D eigenvalue weighted by molar-refractivity contribution is 7.33. The Morgan fingerprint density at radius 3 is 1.38 bits per heavy atom. The quantitative estimate of drug-likeness (QED) is 0.0287. The molecular formula is C38H51N8O17P. The number of nitrogens with one attached hydrogen (secondary N) is 2. The van der Waals surface area contributed by atoms with Gasteiger partial charge in [-0.2, -0.15) is 0 Å². The molecule has 25 nitrogen and oxygen atoms in total. The number of amides is 2. The van der Waals surface area contributed by atoms with E-state index >= 15 is 0 Å². The highest BCUT2D eigenvalue weighted by atomic mass is 31.1. The molecule has 2 fully saturated rings. The Morgan fingerprint density at radius 2 is 1.00 bits per heavy atom. The van der Waals surface area contributed by atoms with Gasteiger partial charge in [-0.1, -0.05) is 10.4 Å². The zero-order chi connectivity index (χ0) is 45.8. The fraction of sp³-hybridized carbons (Fsp3) is 0.526. The van der Waals surface area contributed by atoms with Crippen molar-refractivity contribution in [3.63, 3.8) is 0 Å². The minimum Gasteiger partial charge on any atom is -0.462 e. The maximum absolute atomic E-state index is 12.6. The average molecular weight is 923 g/mol. The molecule has 0 radical (unpaired) electrons. The third-order valence-corrected chi connectivity index (χ3v) is 10.7. The fourth-order valence-corrected chi connectivity index (χ4v) is 7.15. The molecule has 0 spiro atoms. The number of carbonyl (C=O) groups excluding carboxylic acids is 2. The van der Waals surface area contributed by atoms with Gasteiger partial charge >= 0.3 is 8.25 Å². The number of carbonyl (C=O) groups is 2. The Bertz CT molecular complexity index is 1960. The van der Waals surface area contributed by atoms with Crippen molar-refractivity contribution < 1.29 is 83.0 Å². The number of aliphatic hydroxyl groups excluding tert-OH is 8. The van der Waals surface area contributed by atoms with Crippen molar-refractivity contribution in [1.82, 2.24) is 30.0 Å². The molecule has 10 atom stereocenters. The highest BCUT2D eigenvalue weighted by Gasteiger charge is 2.45. The molecule has 4 heterocycles. The van der Waals surface area contributed by atoms with E-state index in [4.69, 9.17) is 28.0 Å². The molecule has 0 aliphatic carbocycles. The van der Waals surface area contributed by atoms with Crippen LogP contribution in [0, 0.1) is 0 Å². The summed E-state index contributed by atoms with van der Waals surface area (Å²) in [5, 5.41) is 100. The van der Waals surface area contributed by atoms with Crippen LogP contribution in [0.4, 0.5) is 11.4 Å². The Hall–Kier alpha value is -4.99. The van der Waals surface area contributed by atoms with E-state index in [1.165, 1.54) is 33.6 Å². The van der Waals surface area contributed by atoms with Crippen LogP contribution in [-0.4, -0.2) is 170 Å². The van der Waals surface area contributed by atoms with Gasteiger partial charge < -0.3 is 79.5 Å². The van der Waals surface area contributed by atoms with Crippen molar-refractivity contribution in [2.45, 2.75) is 100 Å². The van der Waals surface area contributed by atoms with E-state index in [0.717, 1.165) is 0 Å². The van der Waals surface area contributed by atoms with Gasteiger partial charge in [0.25, 0.3) is 0 Å². The molecule has 350 valence electrons. The minimum atomic E-state index is -2.76. The van der Waals surface area contributed by atoms with Gasteiger partial charge in [-0.15, -0.1) is 10.2 Å². The molecule has 64 heavy (non-hydrogen) atoms. The molecule has 4 aromatic rings. The maximum Gasteiger partial charge on any atom is 0.319 e. The van der Waals surface area contributed by atoms with Gasteiger partial charge in [0.1, 0.15) is 73.4 Å². The summed E-state index contributed by atoms with van der Waals surface area (Å²) in [5.74, 6) is -0.302. The Kier molecular flexibility index (Phi) is 17.6. The molecule has 2 aliphatic heterocycles. The Morgan fingerprint density at radius 1 is 0.609 bits per heavy atom. The van der Waals surface area contributed by atoms with Gasteiger partial charge in [-0.3, -0.25) is 14.2 Å². The van der Waals surface area contributed by atoms with Crippen LogP contribution in [0.5, 0.6) is 11.5 Å². The predicted molar refractivity (Wildman–Crippen MR) is 217 cm³/mol. The predicted octanol–water partition coefficient (Wildman–Crippen LogP) is -2.51. The van der Waals surface area contributed by atoms with Gasteiger partial charge in [-0.25, -0.2) is 9.36 Å². The molecule has 2 aliphatic rings. The number of hydrogen-bond donors (Lipinski definition) is 10. The summed E-state index contributed by atoms with van der Waals surface area (Å²) in [4.78, 5) is 25.2. The molecule has 4 unspecified atom stereocenters. The summed E-state index contributed by atoms with van der Waals surface area (Å²) in [5.41, 5.74) is 2.05. The van der Waals surface area contributed by atoms with Crippen LogP contribution in [0.15, 0.2) is 60.9 Å². The molecule has 2 aromatic carbocycles.